The van der Waals surface area contributed by atoms with E-state index in [2.05, 4.69) is 0 Å². The second-order valence-electron chi connectivity index (χ2n) is 2.86. The molecule has 0 radical (unpaired) electrons. The first kappa shape index (κ1) is 13.3. The van der Waals surface area contributed by atoms with Crippen molar-refractivity contribution in [1.29, 1.82) is 0 Å². The van der Waals surface area contributed by atoms with E-state index in [0.29, 0.717) is 0 Å². The zero-order valence-electron chi connectivity index (χ0n) is 8.07. The van der Waals surface area contributed by atoms with Crippen LogP contribution in [0.5, 0.6) is 0 Å². The van der Waals surface area contributed by atoms with E-state index < -0.39 is 0 Å². The van der Waals surface area contributed by atoms with Gasteiger partial charge in [0.05, 0.1) is 0 Å². The van der Waals surface area contributed by atoms with Crippen molar-refractivity contribution in [3.63, 3.8) is 0 Å². The Bertz CT molecular complexity index is 265. The summed E-state index contributed by atoms with van der Waals surface area (Å²) in [5.41, 5.74) is 0.991. The van der Waals surface area contributed by atoms with Crippen molar-refractivity contribution < 1.29 is 24.9 Å². The van der Waals surface area contributed by atoms with Gasteiger partial charge in [0.25, 0.3) is 0 Å². The Morgan fingerprint density at radius 2 is 1.36 bits per heavy atom. The van der Waals surface area contributed by atoms with Gasteiger partial charge in [-0.15, -0.1) is 5.56 Å². The van der Waals surface area contributed by atoms with Gasteiger partial charge in [0.15, 0.2) is 0 Å². The molecular weight excluding hydrogens is 350 g/mol. The molecule has 1 nitrogen and oxygen atoms in total. The van der Waals surface area contributed by atoms with Crippen molar-refractivity contribution in [1.82, 2.24) is 0 Å². The normalized spacial score (nSPS) is 10.7. The Balaban J connectivity index is 0.000000246. The van der Waals surface area contributed by atoms with Crippen LogP contribution >= 0.6 is 0 Å². The third-order valence-electron chi connectivity index (χ3n) is 1.73. The molecule has 2 aromatic carbocycles. The molecule has 0 aromatic heterocycles. The number of hydrogen-bond donors (Lipinski definition) is 1. The third kappa shape index (κ3) is 5.12. The zero-order valence-corrected chi connectivity index (χ0v) is 10.6. The quantitative estimate of drug-likeness (QED) is 0.772. The van der Waals surface area contributed by atoms with Crippen LogP contribution in [0.2, 0.25) is 0 Å². The van der Waals surface area contributed by atoms with Gasteiger partial charge in [-0.1, -0.05) is 0 Å². The number of rotatable bonds is 1. The Labute approximate surface area is 98.2 Å². The molecule has 0 amide bonds. The van der Waals surface area contributed by atoms with Crippen LogP contribution in [0.4, 0.5) is 0 Å². The van der Waals surface area contributed by atoms with Crippen LogP contribution in [0.15, 0.2) is 54.6 Å². The molecule has 0 saturated carbocycles. The van der Waals surface area contributed by atoms with E-state index in [0.717, 1.165) is 5.56 Å². The van der Waals surface area contributed by atoms with Crippen LogP contribution in [-0.4, -0.2) is 5.11 Å². The standard InChI is InChI=1S/C7H9O.C5H5.Os/c1-6(8)7-4-2-3-5-7;1-2-4-5-3-1;/h2-6,8H,1H3;1-5H;/q-1;-5;. The average Bonchev–Trinajstić information content (AvgIpc) is 2.82. The van der Waals surface area contributed by atoms with Crippen LogP contribution in [0, 0.1) is 0 Å². The molecule has 0 aliphatic carbocycles. The summed E-state index contributed by atoms with van der Waals surface area (Å²) in [5, 5.41) is 8.91. The van der Waals surface area contributed by atoms with Crippen LogP contribution in [0.3, 0.4) is 0 Å². The predicted octanol–water partition coefficient (Wildman–Crippen LogP) is 2.86. The maximum atomic E-state index is 8.91. The van der Waals surface area contributed by atoms with Crippen molar-refractivity contribution in [3.05, 3.63) is 60.2 Å². The van der Waals surface area contributed by atoms with Gasteiger partial charge in [-0.25, -0.2) is 12.1 Å². The van der Waals surface area contributed by atoms with E-state index in [-0.39, 0.29) is 25.9 Å². The first-order chi connectivity index (χ1) is 6.30. The van der Waals surface area contributed by atoms with Crippen LogP contribution in [-0.2, 0) is 19.8 Å². The summed E-state index contributed by atoms with van der Waals surface area (Å²) in [7, 11) is 0. The summed E-state index contributed by atoms with van der Waals surface area (Å²) in [6.07, 6.45) is -0.315. The fourth-order valence-corrected chi connectivity index (χ4v) is 0.988. The fourth-order valence-electron chi connectivity index (χ4n) is 0.988. The topological polar surface area (TPSA) is 20.2 Å². The molecule has 1 unspecified atom stereocenters. The van der Waals surface area contributed by atoms with Crippen LogP contribution in [0.25, 0.3) is 0 Å². The maximum absolute atomic E-state index is 8.91. The molecule has 2 heteroatoms. The third-order valence-corrected chi connectivity index (χ3v) is 1.73. The van der Waals surface area contributed by atoms with Crippen LogP contribution < -0.4 is 0 Å². The SMILES string of the molecule is CC(O)[c-]1cccc1.[Os].[cH-]1[cH-][cH-][cH-][cH-]1. The Morgan fingerprint density at radius 1 is 1.00 bits per heavy atom. The summed E-state index contributed by atoms with van der Waals surface area (Å²) in [6, 6.07) is 17.7. The van der Waals surface area contributed by atoms with E-state index in [1.165, 1.54) is 0 Å². The average molecular weight is 364 g/mol. The minimum atomic E-state index is -0.315. The second kappa shape index (κ2) is 7.68. The molecule has 1 atom stereocenters. The largest absolute Gasteiger partial charge is 0.748 e. The van der Waals surface area contributed by atoms with Crippen molar-refractivity contribution in [2.24, 2.45) is 0 Å². The van der Waals surface area contributed by atoms with E-state index in [1.54, 1.807) is 6.92 Å². The van der Waals surface area contributed by atoms with E-state index >= 15 is 0 Å². The molecule has 0 saturated heterocycles. The minimum absolute atomic E-state index is 0. The van der Waals surface area contributed by atoms with Gasteiger partial charge in [0.1, 0.15) is 0 Å². The second-order valence-corrected chi connectivity index (χ2v) is 2.86. The van der Waals surface area contributed by atoms with Gasteiger partial charge in [0.2, 0.25) is 0 Å². The summed E-state index contributed by atoms with van der Waals surface area (Å²) in [4.78, 5) is 0. The smallest absolute Gasteiger partial charge is 0.0322 e. The van der Waals surface area contributed by atoms with Crippen molar-refractivity contribution in [2.75, 3.05) is 0 Å². The van der Waals surface area contributed by atoms with E-state index in [1.807, 2.05) is 54.6 Å². The van der Waals surface area contributed by atoms with Gasteiger partial charge in [-0.2, -0.15) is 12.1 Å². The molecule has 14 heavy (non-hydrogen) atoms. The molecule has 0 fully saturated rings. The van der Waals surface area contributed by atoms with Gasteiger partial charge < -0.3 is 35.4 Å². The van der Waals surface area contributed by atoms with E-state index in [4.69, 9.17) is 5.11 Å². The molecule has 0 aliphatic heterocycles. The Morgan fingerprint density at radius 3 is 1.57 bits per heavy atom. The first-order valence-electron chi connectivity index (χ1n) is 4.37. The molecule has 0 spiro atoms. The molecule has 0 heterocycles. The maximum Gasteiger partial charge on any atom is 0.0322 e. The van der Waals surface area contributed by atoms with Gasteiger partial charge in [-0.05, 0) is 6.92 Å². The van der Waals surface area contributed by atoms with Gasteiger partial charge in [-0.3, -0.25) is 0 Å². The predicted molar refractivity (Wildman–Crippen MR) is 54.7 cm³/mol. The van der Waals surface area contributed by atoms with Crippen molar-refractivity contribution in [2.45, 2.75) is 13.0 Å². The number of aliphatic hydroxyl groups is 1. The summed E-state index contributed by atoms with van der Waals surface area (Å²) < 4.78 is 0. The van der Waals surface area contributed by atoms with Gasteiger partial charge in [0, 0.05) is 25.9 Å². The zero-order chi connectivity index (χ0) is 9.52. The monoisotopic (exact) mass is 366 g/mol. The molecule has 0 bridgehead atoms. The van der Waals surface area contributed by atoms with Crippen LogP contribution in [0.1, 0.15) is 18.6 Å². The number of hydrogen-bond acceptors (Lipinski definition) is 1. The Kier molecular flexibility index (Phi) is 7.29. The molecular formula is C12H14OOs-6. The van der Waals surface area contributed by atoms with Crippen molar-refractivity contribution in [3.8, 4) is 0 Å². The fraction of sp³-hybridized carbons (Fsp3) is 0.167. The van der Waals surface area contributed by atoms with Gasteiger partial charge >= 0.3 is 0 Å². The van der Waals surface area contributed by atoms with E-state index in [9.17, 15) is 0 Å². The molecule has 2 aromatic rings. The molecule has 1 N–H and O–H groups in total. The summed E-state index contributed by atoms with van der Waals surface area (Å²) >= 11 is 0. The molecule has 0 aliphatic rings. The summed E-state index contributed by atoms with van der Waals surface area (Å²) in [5.74, 6) is 0. The summed E-state index contributed by atoms with van der Waals surface area (Å²) in [6.45, 7) is 1.76. The first-order valence-corrected chi connectivity index (χ1v) is 4.37. The number of aliphatic hydroxyl groups excluding tert-OH is 1. The minimum Gasteiger partial charge on any atom is -0.748 e. The Hall–Kier alpha value is -0.704. The van der Waals surface area contributed by atoms with Crippen molar-refractivity contribution >= 4 is 0 Å². The molecule has 2 rings (SSSR count). The molecule has 82 valence electrons.